The van der Waals surface area contributed by atoms with E-state index in [0.29, 0.717) is 5.69 Å². The van der Waals surface area contributed by atoms with Gasteiger partial charge >= 0.3 is 6.09 Å². The van der Waals surface area contributed by atoms with Crippen LogP contribution in [0, 0.1) is 34.6 Å². The number of nitrogens with one attached hydrogen (secondary N) is 1. The largest absolute Gasteiger partial charge is 0.465 e. The number of aromatic nitrogens is 2. The lowest BCUT2D eigenvalue weighted by molar-refractivity contribution is 0.210. The van der Waals surface area contributed by atoms with E-state index < -0.39 is 6.09 Å². The van der Waals surface area contributed by atoms with Gasteiger partial charge in [-0.05, 0) is 57.9 Å². The summed E-state index contributed by atoms with van der Waals surface area (Å²) in [5.74, 6) is 0.935. The summed E-state index contributed by atoms with van der Waals surface area (Å²) in [5, 5.41) is 11.2. The van der Waals surface area contributed by atoms with Gasteiger partial charge in [-0.15, -0.1) is 0 Å². The lowest BCUT2D eigenvalue weighted by Gasteiger charge is -2.16. The Morgan fingerprint density at radius 1 is 1.15 bits per heavy atom. The molecule has 0 saturated carbocycles. The number of carboxylic acid groups (broad SMARTS) is 1. The SMILES string of the molecule is Cc1cc(NC(=O)O)cc(C)c1-n1c(C)nc(C)c1C. The zero-order chi connectivity index (χ0) is 15.0. The van der Waals surface area contributed by atoms with Crippen molar-refractivity contribution in [1.82, 2.24) is 9.55 Å². The monoisotopic (exact) mass is 273 g/mol. The fraction of sp³-hybridized carbons (Fsp3) is 0.333. The molecule has 1 amide bonds. The molecule has 2 aromatic rings. The van der Waals surface area contributed by atoms with E-state index >= 15 is 0 Å². The van der Waals surface area contributed by atoms with E-state index in [-0.39, 0.29) is 0 Å². The van der Waals surface area contributed by atoms with Crippen molar-refractivity contribution in [1.29, 1.82) is 0 Å². The molecule has 2 N–H and O–H groups in total. The number of hydrogen-bond acceptors (Lipinski definition) is 2. The maximum atomic E-state index is 10.7. The molecule has 20 heavy (non-hydrogen) atoms. The summed E-state index contributed by atoms with van der Waals surface area (Å²) < 4.78 is 2.12. The van der Waals surface area contributed by atoms with E-state index in [1.165, 1.54) is 0 Å². The summed E-state index contributed by atoms with van der Waals surface area (Å²) >= 11 is 0. The highest BCUT2D eigenvalue weighted by atomic mass is 16.4. The lowest BCUT2D eigenvalue weighted by atomic mass is 10.1. The minimum Gasteiger partial charge on any atom is -0.465 e. The maximum absolute atomic E-state index is 10.7. The number of imidazole rings is 1. The predicted octanol–water partition coefficient (Wildman–Crippen LogP) is 3.50. The second-order valence-electron chi connectivity index (χ2n) is 5.05. The molecular weight excluding hydrogens is 254 g/mol. The molecule has 1 aromatic carbocycles. The van der Waals surface area contributed by atoms with Crippen molar-refractivity contribution in [2.24, 2.45) is 0 Å². The highest BCUT2D eigenvalue weighted by molar-refractivity contribution is 5.83. The molecule has 106 valence electrons. The van der Waals surface area contributed by atoms with Crippen LogP contribution in [0.2, 0.25) is 0 Å². The van der Waals surface area contributed by atoms with Gasteiger partial charge in [-0.2, -0.15) is 0 Å². The molecule has 0 aliphatic heterocycles. The minimum absolute atomic E-state index is 0.586. The third kappa shape index (κ3) is 2.39. The third-order valence-electron chi connectivity index (χ3n) is 3.48. The summed E-state index contributed by atoms with van der Waals surface area (Å²) in [4.78, 5) is 15.2. The van der Waals surface area contributed by atoms with Gasteiger partial charge in [0.1, 0.15) is 5.82 Å². The fourth-order valence-corrected chi connectivity index (χ4v) is 2.61. The van der Waals surface area contributed by atoms with Crippen LogP contribution in [0.4, 0.5) is 10.5 Å². The molecule has 0 aliphatic carbocycles. The Balaban J connectivity index is 2.61. The first kappa shape index (κ1) is 14.1. The maximum Gasteiger partial charge on any atom is 0.409 e. The predicted molar refractivity (Wildman–Crippen MR) is 78.9 cm³/mol. The Bertz CT molecular complexity index is 664. The standard InChI is InChI=1S/C15H19N3O2/c1-8-6-13(17-15(19)20)7-9(2)14(8)18-11(4)10(3)16-12(18)5/h6-7,17H,1-5H3,(H,19,20). The van der Waals surface area contributed by atoms with E-state index in [1.54, 1.807) is 0 Å². The number of carbonyl (C=O) groups is 1. The van der Waals surface area contributed by atoms with Crippen LogP contribution < -0.4 is 5.32 Å². The Kier molecular flexibility index (Phi) is 3.53. The number of aryl methyl sites for hydroxylation is 4. The molecule has 0 radical (unpaired) electrons. The molecule has 1 aromatic heterocycles. The van der Waals surface area contributed by atoms with Crippen molar-refractivity contribution in [2.75, 3.05) is 5.32 Å². The third-order valence-corrected chi connectivity index (χ3v) is 3.48. The number of anilines is 1. The zero-order valence-electron chi connectivity index (χ0n) is 12.4. The van der Waals surface area contributed by atoms with Crippen LogP contribution in [-0.4, -0.2) is 20.8 Å². The first-order valence-electron chi connectivity index (χ1n) is 6.45. The van der Waals surface area contributed by atoms with Gasteiger partial charge in [0.15, 0.2) is 0 Å². The normalized spacial score (nSPS) is 10.7. The van der Waals surface area contributed by atoms with Crippen molar-refractivity contribution >= 4 is 11.8 Å². The van der Waals surface area contributed by atoms with Gasteiger partial charge in [0, 0.05) is 11.4 Å². The molecule has 0 fully saturated rings. The first-order chi connectivity index (χ1) is 9.31. The van der Waals surface area contributed by atoms with Gasteiger partial charge in [0.25, 0.3) is 0 Å². The average molecular weight is 273 g/mol. The molecule has 0 unspecified atom stereocenters. The van der Waals surface area contributed by atoms with Gasteiger partial charge in [-0.3, -0.25) is 5.32 Å². The van der Waals surface area contributed by atoms with Crippen molar-refractivity contribution in [3.8, 4) is 5.69 Å². The minimum atomic E-state index is -1.05. The van der Waals surface area contributed by atoms with E-state index in [0.717, 1.165) is 34.0 Å². The summed E-state index contributed by atoms with van der Waals surface area (Å²) in [6, 6.07) is 3.68. The molecule has 0 aliphatic rings. The molecule has 0 spiro atoms. The average Bonchev–Trinajstić information content (AvgIpc) is 2.54. The molecule has 0 bridgehead atoms. The highest BCUT2D eigenvalue weighted by Gasteiger charge is 2.14. The van der Waals surface area contributed by atoms with E-state index in [1.807, 2.05) is 46.8 Å². The Hall–Kier alpha value is -2.30. The Morgan fingerprint density at radius 2 is 1.70 bits per heavy atom. The van der Waals surface area contributed by atoms with Crippen LogP contribution >= 0.6 is 0 Å². The van der Waals surface area contributed by atoms with Gasteiger partial charge < -0.3 is 9.67 Å². The molecular formula is C15H19N3O2. The van der Waals surface area contributed by atoms with Gasteiger partial charge in [0.05, 0.1) is 11.4 Å². The summed E-state index contributed by atoms with van der Waals surface area (Å²) in [6.45, 7) is 9.96. The van der Waals surface area contributed by atoms with Crippen molar-refractivity contribution in [2.45, 2.75) is 34.6 Å². The van der Waals surface area contributed by atoms with Gasteiger partial charge in [0.2, 0.25) is 0 Å². The van der Waals surface area contributed by atoms with Crippen LogP contribution in [0.1, 0.15) is 28.3 Å². The molecule has 5 nitrogen and oxygen atoms in total. The first-order valence-corrected chi connectivity index (χ1v) is 6.45. The van der Waals surface area contributed by atoms with Crippen LogP contribution in [0.15, 0.2) is 12.1 Å². The fourth-order valence-electron chi connectivity index (χ4n) is 2.61. The smallest absolute Gasteiger partial charge is 0.409 e. The Labute approximate surface area is 118 Å². The van der Waals surface area contributed by atoms with Crippen LogP contribution in [0.25, 0.3) is 5.69 Å². The zero-order valence-corrected chi connectivity index (χ0v) is 12.4. The number of hydrogen-bond donors (Lipinski definition) is 2. The Morgan fingerprint density at radius 3 is 2.10 bits per heavy atom. The van der Waals surface area contributed by atoms with Crippen LogP contribution in [0.3, 0.4) is 0 Å². The van der Waals surface area contributed by atoms with Gasteiger partial charge in [-0.1, -0.05) is 0 Å². The number of rotatable bonds is 2. The van der Waals surface area contributed by atoms with E-state index in [2.05, 4.69) is 14.9 Å². The molecule has 5 heteroatoms. The molecule has 0 saturated heterocycles. The number of benzene rings is 1. The van der Waals surface area contributed by atoms with Crippen LogP contribution in [0.5, 0.6) is 0 Å². The lowest BCUT2D eigenvalue weighted by Crippen LogP contribution is -2.10. The van der Waals surface area contributed by atoms with Crippen molar-refractivity contribution < 1.29 is 9.90 Å². The molecule has 1 heterocycles. The second kappa shape index (κ2) is 5.00. The van der Waals surface area contributed by atoms with Gasteiger partial charge in [-0.25, -0.2) is 9.78 Å². The van der Waals surface area contributed by atoms with Crippen molar-refractivity contribution in [3.05, 3.63) is 40.5 Å². The quantitative estimate of drug-likeness (QED) is 0.880. The highest BCUT2D eigenvalue weighted by Crippen LogP contribution is 2.27. The molecule has 0 atom stereocenters. The summed E-state index contributed by atoms with van der Waals surface area (Å²) in [5.41, 5.74) is 5.79. The number of amides is 1. The summed E-state index contributed by atoms with van der Waals surface area (Å²) in [6.07, 6.45) is -1.05. The van der Waals surface area contributed by atoms with E-state index in [4.69, 9.17) is 5.11 Å². The van der Waals surface area contributed by atoms with E-state index in [9.17, 15) is 4.79 Å². The topological polar surface area (TPSA) is 67.2 Å². The van der Waals surface area contributed by atoms with Crippen LogP contribution in [-0.2, 0) is 0 Å². The van der Waals surface area contributed by atoms with Crippen molar-refractivity contribution in [3.63, 3.8) is 0 Å². The number of nitrogens with zero attached hydrogens (tertiary/aromatic N) is 2. The summed E-state index contributed by atoms with van der Waals surface area (Å²) in [7, 11) is 0. The molecule has 2 rings (SSSR count). The second-order valence-corrected chi connectivity index (χ2v) is 5.05.